The Bertz CT molecular complexity index is 1010. The summed E-state index contributed by atoms with van der Waals surface area (Å²) in [6.07, 6.45) is 1.56. The van der Waals surface area contributed by atoms with Gasteiger partial charge in [0.1, 0.15) is 15.7 Å². The predicted octanol–water partition coefficient (Wildman–Crippen LogP) is 1.90. The summed E-state index contributed by atoms with van der Waals surface area (Å²) in [6.45, 7) is 4.34. The normalized spacial score (nSPS) is 10.7. The zero-order chi connectivity index (χ0) is 18.7. The summed E-state index contributed by atoms with van der Waals surface area (Å²) in [5, 5.41) is 3.54. The molecule has 0 saturated heterocycles. The molecule has 0 spiro atoms. The van der Waals surface area contributed by atoms with E-state index in [0.717, 1.165) is 16.1 Å². The second-order valence-corrected chi connectivity index (χ2v) is 6.95. The SMILES string of the molecule is Cc1ccc(-c2ncc(C(=O)NCc3nc(CN)cc(=O)[nH]3)s2)c(C)c1. The highest BCUT2D eigenvalue weighted by molar-refractivity contribution is 7.16. The summed E-state index contributed by atoms with van der Waals surface area (Å²) in [5.41, 5.74) is 9.01. The molecule has 0 fully saturated rings. The number of aryl methyl sites for hydroxylation is 2. The maximum atomic E-state index is 12.4. The summed E-state index contributed by atoms with van der Waals surface area (Å²) in [4.78, 5) is 35.5. The number of nitrogens with one attached hydrogen (secondary N) is 2. The van der Waals surface area contributed by atoms with Crippen molar-refractivity contribution in [1.82, 2.24) is 20.3 Å². The molecule has 2 aromatic heterocycles. The van der Waals surface area contributed by atoms with Gasteiger partial charge in [-0.25, -0.2) is 9.97 Å². The van der Waals surface area contributed by atoms with Crippen molar-refractivity contribution in [2.24, 2.45) is 5.73 Å². The fraction of sp³-hybridized carbons (Fsp3) is 0.222. The number of carbonyl (C=O) groups is 1. The minimum absolute atomic E-state index is 0.110. The smallest absolute Gasteiger partial charge is 0.263 e. The zero-order valence-electron chi connectivity index (χ0n) is 14.5. The summed E-state index contributed by atoms with van der Waals surface area (Å²) >= 11 is 1.32. The van der Waals surface area contributed by atoms with Gasteiger partial charge in [-0.15, -0.1) is 11.3 Å². The fourth-order valence-corrected chi connectivity index (χ4v) is 3.48. The van der Waals surface area contributed by atoms with Crippen molar-refractivity contribution in [2.75, 3.05) is 0 Å². The molecule has 1 aromatic carbocycles. The first-order valence-electron chi connectivity index (χ1n) is 8.07. The lowest BCUT2D eigenvalue weighted by molar-refractivity contribution is 0.0953. The van der Waals surface area contributed by atoms with Gasteiger partial charge in [-0.3, -0.25) is 9.59 Å². The average Bonchev–Trinajstić information content (AvgIpc) is 3.09. The van der Waals surface area contributed by atoms with Crippen LogP contribution >= 0.6 is 11.3 Å². The molecule has 4 N–H and O–H groups in total. The Balaban J connectivity index is 1.72. The fourth-order valence-electron chi connectivity index (χ4n) is 2.56. The van der Waals surface area contributed by atoms with E-state index in [-0.39, 0.29) is 24.6 Å². The highest BCUT2D eigenvalue weighted by Gasteiger charge is 2.13. The molecule has 0 unspecified atom stereocenters. The number of nitrogens with two attached hydrogens (primary N) is 1. The van der Waals surface area contributed by atoms with Crippen molar-refractivity contribution in [3.05, 3.63) is 68.3 Å². The summed E-state index contributed by atoms with van der Waals surface area (Å²) in [7, 11) is 0. The number of hydrogen-bond acceptors (Lipinski definition) is 6. The van der Waals surface area contributed by atoms with Crippen LogP contribution in [0.4, 0.5) is 0 Å². The van der Waals surface area contributed by atoms with E-state index in [1.165, 1.54) is 23.0 Å². The molecule has 3 aromatic rings. The lowest BCUT2D eigenvalue weighted by Gasteiger charge is -2.04. The number of aromatic amines is 1. The molecule has 8 heteroatoms. The maximum Gasteiger partial charge on any atom is 0.263 e. The van der Waals surface area contributed by atoms with Crippen LogP contribution in [0.25, 0.3) is 10.6 Å². The van der Waals surface area contributed by atoms with Gasteiger partial charge in [0.2, 0.25) is 0 Å². The Labute approximate surface area is 154 Å². The van der Waals surface area contributed by atoms with Crippen LogP contribution in [0.15, 0.2) is 35.3 Å². The van der Waals surface area contributed by atoms with Gasteiger partial charge in [-0.1, -0.05) is 23.8 Å². The lowest BCUT2D eigenvalue weighted by atomic mass is 10.1. The number of rotatable bonds is 5. The average molecular weight is 369 g/mol. The van der Waals surface area contributed by atoms with Crippen molar-refractivity contribution in [1.29, 1.82) is 0 Å². The quantitative estimate of drug-likeness (QED) is 0.635. The van der Waals surface area contributed by atoms with Gasteiger partial charge in [0.05, 0.1) is 18.4 Å². The van der Waals surface area contributed by atoms with Crippen molar-refractivity contribution in [3.8, 4) is 10.6 Å². The standard InChI is InChI=1S/C18H19N5O2S/c1-10-3-4-13(11(2)5-10)18-21-8-14(26-18)17(25)20-9-15-22-12(7-19)6-16(24)23-15/h3-6,8H,7,9,19H2,1-2H3,(H,20,25)(H,22,23,24). The van der Waals surface area contributed by atoms with Crippen molar-refractivity contribution < 1.29 is 4.79 Å². The van der Waals surface area contributed by atoms with E-state index >= 15 is 0 Å². The topological polar surface area (TPSA) is 114 Å². The van der Waals surface area contributed by atoms with Gasteiger partial charge in [0.25, 0.3) is 11.5 Å². The first kappa shape index (κ1) is 18.0. The number of benzene rings is 1. The molecule has 1 amide bonds. The molecule has 134 valence electrons. The molecule has 0 radical (unpaired) electrons. The Morgan fingerprint density at radius 1 is 1.31 bits per heavy atom. The molecule has 2 heterocycles. The van der Waals surface area contributed by atoms with Gasteiger partial charge in [-0.05, 0) is 19.4 Å². The van der Waals surface area contributed by atoms with Crippen LogP contribution in [0.5, 0.6) is 0 Å². The Morgan fingerprint density at radius 2 is 2.12 bits per heavy atom. The van der Waals surface area contributed by atoms with E-state index in [0.29, 0.717) is 16.4 Å². The van der Waals surface area contributed by atoms with Gasteiger partial charge < -0.3 is 16.0 Å². The van der Waals surface area contributed by atoms with E-state index in [2.05, 4.69) is 26.3 Å². The largest absolute Gasteiger partial charge is 0.344 e. The monoisotopic (exact) mass is 369 g/mol. The molecule has 0 aliphatic rings. The van der Waals surface area contributed by atoms with Crippen molar-refractivity contribution in [3.63, 3.8) is 0 Å². The number of hydrogen-bond donors (Lipinski definition) is 3. The number of thiazole rings is 1. The second-order valence-electron chi connectivity index (χ2n) is 5.92. The van der Waals surface area contributed by atoms with Gasteiger partial charge in [0, 0.05) is 18.2 Å². The summed E-state index contributed by atoms with van der Waals surface area (Å²) in [6, 6.07) is 7.46. The van der Waals surface area contributed by atoms with Gasteiger partial charge >= 0.3 is 0 Å². The van der Waals surface area contributed by atoms with E-state index in [9.17, 15) is 9.59 Å². The third-order valence-electron chi connectivity index (χ3n) is 3.81. The Hall–Kier alpha value is -2.84. The Morgan fingerprint density at radius 3 is 2.85 bits per heavy atom. The first-order chi connectivity index (χ1) is 12.5. The van der Waals surface area contributed by atoms with Gasteiger partial charge in [0.15, 0.2) is 0 Å². The molecule has 3 rings (SSSR count). The maximum absolute atomic E-state index is 12.4. The predicted molar refractivity (Wildman–Crippen MR) is 101 cm³/mol. The van der Waals surface area contributed by atoms with Crippen LogP contribution in [0.1, 0.15) is 32.3 Å². The van der Waals surface area contributed by atoms with Crippen LogP contribution in [0.2, 0.25) is 0 Å². The molecule has 0 bridgehead atoms. The van der Waals surface area contributed by atoms with Crippen molar-refractivity contribution in [2.45, 2.75) is 26.9 Å². The van der Waals surface area contributed by atoms with Crippen LogP contribution < -0.4 is 16.6 Å². The summed E-state index contributed by atoms with van der Waals surface area (Å²) < 4.78 is 0. The molecular weight excluding hydrogens is 350 g/mol. The summed E-state index contributed by atoms with van der Waals surface area (Å²) in [5.74, 6) is 0.102. The number of carbonyl (C=O) groups excluding carboxylic acids is 1. The molecule has 0 saturated carbocycles. The minimum atomic E-state index is -0.292. The number of aromatic nitrogens is 3. The van der Waals surface area contributed by atoms with E-state index in [1.807, 2.05) is 26.0 Å². The van der Waals surface area contributed by atoms with Crippen LogP contribution in [0.3, 0.4) is 0 Å². The third-order valence-corrected chi connectivity index (χ3v) is 4.84. The molecule has 26 heavy (non-hydrogen) atoms. The highest BCUT2D eigenvalue weighted by Crippen LogP contribution is 2.28. The molecule has 0 aliphatic heterocycles. The number of nitrogens with zero attached hydrogens (tertiary/aromatic N) is 2. The highest BCUT2D eigenvalue weighted by atomic mass is 32.1. The number of amides is 1. The third kappa shape index (κ3) is 4.04. The van der Waals surface area contributed by atoms with E-state index in [1.54, 1.807) is 6.20 Å². The molecule has 7 nitrogen and oxygen atoms in total. The van der Waals surface area contributed by atoms with Crippen LogP contribution in [-0.2, 0) is 13.1 Å². The first-order valence-corrected chi connectivity index (χ1v) is 8.88. The van der Waals surface area contributed by atoms with Crippen molar-refractivity contribution >= 4 is 17.2 Å². The molecule has 0 aliphatic carbocycles. The molecule has 0 atom stereocenters. The van der Waals surface area contributed by atoms with E-state index in [4.69, 9.17) is 5.73 Å². The van der Waals surface area contributed by atoms with Crippen LogP contribution in [0, 0.1) is 13.8 Å². The zero-order valence-corrected chi connectivity index (χ0v) is 15.3. The van der Waals surface area contributed by atoms with Gasteiger partial charge in [-0.2, -0.15) is 0 Å². The number of H-pyrrole nitrogens is 1. The Kier molecular flexibility index (Phi) is 5.24. The molecular formula is C18H19N5O2S. The van der Waals surface area contributed by atoms with E-state index < -0.39 is 0 Å². The lowest BCUT2D eigenvalue weighted by Crippen LogP contribution is -2.25. The van der Waals surface area contributed by atoms with Crippen LogP contribution in [-0.4, -0.2) is 20.9 Å². The minimum Gasteiger partial charge on any atom is -0.344 e. The second kappa shape index (κ2) is 7.59.